The van der Waals surface area contributed by atoms with Crippen LogP contribution in [0.4, 0.5) is 0 Å². The van der Waals surface area contributed by atoms with Crippen molar-refractivity contribution in [1.29, 1.82) is 0 Å². The highest BCUT2D eigenvalue weighted by molar-refractivity contribution is 8.27. The number of carbonyl (C=O) groups is 2. The van der Waals surface area contributed by atoms with Crippen molar-refractivity contribution in [2.75, 3.05) is 13.1 Å². The lowest BCUT2D eigenvalue weighted by molar-refractivity contribution is -0.122. The van der Waals surface area contributed by atoms with Gasteiger partial charge in [-0.2, -0.15) is 0 Å². The summed E-state index contributed by atoms with van der Waals surface area (Å²) in [5, 5.41) is 0. The van der Waals surface area contributed by atoms with Crippen molar-refractivity contribution in [2.24, 2.45) is 0 Å². The Kier molecular flexibility index (Phi) is 26.3. The molecule has 2 saturated heterocycles. The molecule has 7 aromatic rings. The molecule has 1 aromatic carbocycles. The maximum atomic E-state index is 13.9. The Morgan fingerprint density at radius 2 is 0.769 bits per heavy atom. The van der Waals surface area contributed by atoms with Crippen LogP contribution in [0, 0.1) is 0 Å². The summed E-state index contributed by atoms with van der Waals surface area (Å²) >= 11 is 33.9. The molecule has 4 nitrogen and oxygen atoms in total. The van der Waals surface area contributed by atoms with Gasteiger partial charge >= 0.3 is 0 Å². The molecule has 0 unspecified atom stereocenters. The summed E-state index contributed by atoms with van der Waals surface area (Å²) in [6.07, 6.45) is 29.0. The average molecular weight is 1470 g/mol. The van der Waals surface area contributed by atoms with Crippen molar-refractivity contribution in [3.63, 3.8) is 0 Å². The number of thioether (sulfide) groups is 6. The normalized spacial score (nSPS) is 15.9. The number of thiocarbonyl (C=S) groups is 2. The fourth-order valence-electron chi connectivity index (χ4n) is 11.9. The van der Waals surface area contributed by atoms with E-state index in [2.05, 4.69) is 113 Å². The highest BCUT2D eigenvalue weighted by atomic mass is 32.2. The molecule has 6 aromatic heterocycles. The lowest BCUT2D eigenvalue weighted by atomic mass is 9.98. The van der Waals surface area contributed by atoms with E-state index in [1.165, 1.54) is 227 Å². The third-order valence-electron chi connectivity index (χ3n) is 16.7. The summed E-state index contributed by atoms with van der Waals surface area (Å²) in [6, 6.07) is 28.9. The second-order valence-corrected chi connectivity index (χ2v) is 38.7. The zero-order valence-corrected chi connectivity index (χ0v) is 64.6. The molecule has 480 valence electrons. The molecule has 2 aliphatic heterocycles. The van der Waals surface area contributed by atoms with Crippen LogP contribution in [-0.2, 0) is 52.5 Å². The quantitative estimate of drug-likeness (QED) is 0.0166. The van der Waals surface area contributed by atoms with E-state index >= 15 is 0 Å². The number of hydrogen-bond donors (Lipinski definition) is 0. The van der Waals surface area contributed by atoms with Crippen molar-refractivity contribution in [2.45, 2.75) is 191 Å². The monoisotopic (exact) mass is 1470 g/mol. The van der Waals surface area contributed by atoms with Gasteiger partial charge in [0.05, 0.1) is 18.3 Å². The van der Waals surface area contributed by atoms with Crippen LogP contribution in [-0.4, -0.2) is 43.3 Å². The highest BCUT2D eigenvalue weighted by Gasteiger charge is 2.38. The minimum absolute atomic E-state index is 0.00642. The van der Waals surface area contributed by atoms with Gasteiger partial charge in [-0.3, -0.25) is 19.4 Å². The van der Waals surface area contributed by atoms with E-state index < -0.39 is 0 Å². The lowest BCUT2D eigenvalue weighted by Gasteiger charge is -2.15. The SMILES string of the molecule is CCCCCCc1ccc(CSC(SCc2ccc(CCCCCC)s2)=C2c3cc4c(cc3-c3sc(/C=C5/SC(=S)N(CC)C5=O)cc32)/C(=C(\SCc2ccc(CCCCCC)s2)Sc2ccc(CCCCCC)s2)c2cc(/C=C3/SC(=S)N(CC)C3=O)sc2-4)s1. The van der Waals surface area contributed by atoms with E-state index in [4.69, 9.17) is 24.4 Å². The van der Waals surface area contributed by atoms with Crippen LogP contribution in [0.1, 0.15) is 210 Å². The topological polar surface area (TPSA) is 40.6 Å². The number of thiophene rings is 6. The number of amides is 2. The van der Waals surface area contributed by atoms with Crippen LogP contribution in [0.15, 0.2) is 95.3 Å². The highest BCUT2D eigenvalue weighted by Crippen LogP contribution is 2.61. The first kappa shape index (κ1) is 69.9. The Bertz CT molecular complexity index is 3810. The standard InChI is InChI=1S/C73H82N2O2S14/c1-7-13-17-21-25-46-29-32-50(83-46)43-80-70(81-44-51-33-30-47(84-51)26-22-18-14-8-2)64-55-41-58-56(42-57(55)66-59(64)37-53(87-66)39-61-68(76)74(11-5)72(78)89-61)65(60-38-54(88-67(58)60)40-62-69(77)75(12-6)73(79)90-62)71(91-63-36-35-49(86-63)28-24-20-16-10-4)82-45-52-34-31-48(85-52)27-23-19-15-9-3/h29-42H,7-28,43-45H2,1-6H3/b61-39+,62-40+,71-65-. The molecule has 4 aliphatic rings. The first-order valence-corrected chi connectivity index (χ1v) is 43.9. The number of carbonyl (C=O) groups excluding carboxylic acids is 2. The van der Waals surface area contributed by atoms with Crippen molar-refractivity contribution >= 4 is 207 Å². The first-order chi connectivity index (χ1) is 44.5. The maximum Gasteiger partial charge on any atom is 0.266 e. The van der Waals surface area contributed by atoms with Gasteiger partial charge in [-0.25, -0.2) is 0 Å². The summed E-state index contributed by atoms with van der Waals surface area (Å²) in [7, 11) is 0. The number of unbranched alkanes of at least 4 members (excludes halogenated alkanes) is 12. The van der Waals surface area contributed by atoms with Crippen LogP contribution in [0.3, 0.4) is 0 Å². The van der Waals surface area contributed by atoms with Gasteiger partial charge in [-0.05, 0) is 161 Å². The van der Waals surface area contributed by atoms with Gasteiger partial charge in [0.1, 0.15) is 8.64 Å². The molecule has 8 heterocycles. The van der Waals surface area contributed by atoms with Gasteiger partial charge in [0.15, 0.2) is 0 Å². The molecule has 0 bridgehead atoms. The Labute approximate surface area is 602 Å². The smallest absolute Gasteiger partial charge is 0.266 e. The van der Waals surface area contributed by atoms with E-state index in [1.54, 1.807) is 21.1 Å². The lowest BCUT2D eigenvalue weighted by Crippen LogP contribution is -2.27. The molecule has 2 amide bonds. The second kappa shape index (κ2) is 34.2. The van der Waals surface area contributed by atoms with Crippen LogP contribution >= 0.6 is 163 Å². The van der Waals surface area contributed by atoms with E-state index in [0.717, 1.165) is 52.7 Å². The summed E-state index contributed by atoms with van der Waals surface area (Å²) in [5.41, 5.74) is 10.1. The Morgan fingerprint density at radius 3 is 1.15 bits per heavy atom. The maximum absolute atomic E-state index is 13.9. The third kappa shape index (κ3) is 17.3. The molecule has 11 rings (SSSR count). The largest absolute Gasteiger partial charge is 0.293 e. The van der Waals surface area contributed by atoms with Crippen molar-refractivity contribution < 1.29 is 9.59 Å². The van der Waals surface area contributed by atoms with Gasteiger partial charge < -0.3 is 0 Å². The summed E-state index contributed by atoms with van der Waals surface area (Å²) in [5.74, 6) is 2.66. The van der Waals surface area contributed by atoms with Crippen molar-refractivity contribution in [3.05, 3.63) is 157 Å². The third-order valence-corrected chi connectivity index (χ3v) is 31.9. The van der Waals surface area contributed by atoms with Crippen molar-refractivity contribution in [3.8, 4) is 20.9 Å². The number of nitrogens with zero attached hydrogens (tertiary/aromatic N) is 2. The second-order valence-electron chi connectivity index (χ2n) is 23.4. The minimum atomic E-state index is -0.00744. The van der Waals surface area contributed by atoms with Crippen LogP contribution in [0.5, 0.6) is 0 Å². The van der Waals surface area contributed by atoms with Gasteiger partial charge in [0, 0.05) is 122 Å². The Hall–Kier alpha value is -2.40. The fourth-order valence-corrected chi connectivity index (χ4v) is 26.7. The molecule has 18 heteroatoms. The number of hydrogen-bond acceptors (Lipinski definition) is 16. The number of likely N-dealkylation sites (N-methyl/N-ethyl adjacent to an activating group) is 2. The zero-order valence-electron chi connectivity index (χ0n) is 53.2. The molecule has 0 N–H and O–H groups in total. The zero-order chi connectivity index (χ0) is 63.4. The Balaban J connectivity index is 1.07. The van der Waals surface area contributed by atoms with Crippen molar-refractivity contribution in [1.82, 2.24) is 9.80 Å². The molecule has 2 aliphatic carbocycles. The van der Waals surface area contributed by atoms with Crippen LogP contribution in [0.25, 0.3) is 44.2 Å². The molecular weight excluding hydrogens is 1390 g/mol. The van der Waals surface area contributed by atoms with E-state index in [0.29, 0.717) is 31.5 Å². The predicted octanol–water partition coefficient (Wildman–Crippen LogP) is 26.0. The number of aryl methyl sites for hydroxylation is 4. The van der Waals surface area contributed by atoms with E-state index in [-0.39, 0.29) is 11.8 Å². The number of benzene rings is 1. The molecule has 2 fully saturated rings. The van der Waals surface area contributed by atoms with Gasteiger partial charge in [0.2, 0.25) is 0 Å². The molecule has 0 spiro atoms. The minimum Gasteiger partial charge on any atom is -0.293 e. The summed E-state index contributed by atoms with van der Waals surface area (Å²) in [4.78, 5) is 47.5. The molecule has 0 atom stereocenters. The van der Waals surface area contributed by atoms with E-state index in [1.807, 2.05) is 118 Å². The van der Waals surface area contributed by atoms with Crippen LogP contribution < -0.4 is 0 Å². The number of rotatable bonds is 35. The Morgan fingerprint density at radius 1 is 0.407 bits per heavy atom. The average Bonchev–Trinajstić information content (AvgIpc) is 1.55. The summed E-state index contributed by atoms with van der Waals surface area (Å²) < 4.78 is 5.22. The van der Waals surface area contributed by atoms with Gasteiger partial charge in [0.25, 0.3) is 11.8 Å². The molecule has 0 radical (unpaired) electrons. The first-order valence-electron chi connectivity index (χ1n) is 32.8. The fraction of sp³-hybridized carbons (Fsp3) is 0.425. The van der Waals surface area contributed by atoms with Crippen LogP contribution in [0.2, 0.25) is 0 Å². The molecule has 0 saturated carbocycles. The van der Waals surface area contributed by atoms with E-state index in [9.17, 15) is 9.59 Å². The predicted molar refractivity (Wildman–Crippen MR) is 425 cm³/mol. The molecule has 91 heavy (non-hydrogen) atoms. The van der Waals surface area contributed by atoms with Gasteiger partial charge in [-0.15, -0.1) is 103 Å². The summed E-state index contributed by atoms with van der Waals surface area (Å²) in [6.45, 7) is 14.3. The molecular formula is C73H82N2O2S14. The van der Waals surface area contributed by atoms with Gasteiger partial charge in [-0.1, -0.05) is 164 Å². The number of fused-ring (bicyclic) bond motifs is 6.